The van der Waals surface area contributed by atoms with Crippen LogP contribution in [0.3, 0.4) is 0 Å². The molecule has 0 radical (unpaired) electrons. The van der Waals surface area contributed by atoms with E-state index in [4.69, 9.17) is 0 Å². The first-order valence-corrected chi connectivity index (χ1v) is 4.09. The van der Waals surface area contributed by atoms with E-state index < -0.39 is 0 Å². The second kappa shape index (κ2) is 3.89. The summed E-state index contributed by atoms with van der Waals surface area (Å²) in [4.78, 5) is 24.5. The number of aromatic amines is 1. The van der Waals surface area contributed by atoms with Crippen molar-refractivity contribution in [2.45, 2.75) is 19.9 Å². The zero-order chi connectivity index (χ0) is 9.84. The summed E-state index contributed by atoms with van der Waals surface area (Å²) in [5.41, 5.74) is 0.259. The van der Waals surface area contributed by atoms with Gasteiger partial charge in [-0.2, -0.15) is 0 Å². The second-order valence-corrected chi connectivity index (χ2v) is 3.07. The number of hydrogen-bond donors (Lipinski definition) is 2. The molecule has 1 heterocycles. The number of carbonyl (C=O) groups excluding carboxylic acids is 1. The maximum absolute atomic E-state index is 11.3. The first-order chi connectivity index (χ1) is 6.09. The van der Waals surface area contributed by atoms with Gasteiger partial charge in [-0.3, -0.25) is 9.59 Å². The highest BCUT2D eigenvalue weighted by Gasteiger charge is 2.05. The molecular formula is C9H12N2O2. The molecule has 2 N–H and O–H groups in total. The average Bonchev–Trinajstić information content (AvgIpc) is 2.04. The Hall–Kier alpha value is -1.58. The van der Waals surface area contributed by atoms with Crippen LogP contribution in [0.5, 0.6) is 0 Å². The predicted octanol–water partition coefficient (Wildman–Crippen LogP) is 0.513. The molecule has 0 atom stereocenters. The number of nitrogens with one attached hydrogen (secondary N) is 2. The van der Waals surface area contributed by atoms with Crippen molar-refractivity contribution in [2.75, 3.05) is 0 Å². The van der Waals surface area contributed by atoms with Gasteiger partial charge in [-0.1, -0.05) is 0 Å². The standard InChI is InChI=1S/C9H12N2O2/c1-6(2)11-9(13)7-3-4-8(12)10-5-7/h3-6H,1-2H3,(H,10,12)(H,11,13). The molecule has 0 saturated carbocycles. The third-order valence-electron chi connectivity index (χ3n) is 1.47. The Balaban J connectivity index is 2.78. The summed E-state index contributed by atoms with van der Waals surface area (Å²) < 4.78 is 0. The van der Waals surface area contributed by atoms with Crippen LogP contribution >= 0.6 is 0 Å². The fourth-order valence-corrected chi connectivity index (χ4v) is 0.897. The number of carbonyl (C=O) groups is 1. The smallest absolute Gasteiger partial charge is 0.252 e. The van der Waals surface area contributed by atoms with Gasteiger partial charge in [0.15, 0.2) is 0 Å². The Bertz CT molecular complexity index is 334. The van der Waals surface area contributed by atoms with E-state index in [2.05, 4.69) is 10.3 Å². The van der Waals surface area contributed by atoms with Crippen molar-refractivity contribution in [1.29, 1.82) is 0 Å². The Morgan fingerprint density at radius 1 is 1.46 bits per heavy atom. The summed E-state index contributed by atoms with van der Waals surface area (Å²) in [6, 6.07) is 2.92. The first kappa shape index (κ1) is 9.51. The van der Waals surface area contributed by atoms with E-state index >= 15 is 0 Å². The van der Waals surface area contributed by atoms with Gasteiger partial charge in [0.1, 0.15) is 0 Å². The van der Waals surface area contributed by atoms with Crippen LogP contribution in [-0.2, 0) is 0 Å². The number of H-pyrrole nitrogens is 1. The number of amides is 1. The number of aromatic nitrogens is 1. The number of hydrogen-bond acceptors (Lipinski definition) is 2. The van der Waals surface area contributed by atoms with Crippen molar-refractivity contribution >= 4 is 5.91 Å². The summed E-state index contributed by atoms with van der Waals surface area (Å²) in [6.07, 6.45) is 1.40. The summed E-state index contributed by atoms with van der Waals surface area (Å²) in [5, 5.41) is 2.72. The number of rotatable bonds is 2. The lowest BCUT2D eigenvalue weighted by atomic mass is 10.2. The van der Waals surface area contributed by atoms with E-state index in [1.807, 2.05) is 13.8 Å². The predicted molar refractivity (Wildman–Crippen MR) is 49.7 cm³/mol. The molecule has 1 aromatic rings. The minimum atomic E-state index is -0.207. The Labute approximate surface area is 76.0 Å². The second-order valence-electron chi connectivity index (χ2n) is 3.07. The minimum absolute atomic E-state index is 0.0967. The lowest BCUT2D eigenvalue weighted by Crippen LogP contribution is -2.30. The van der Waals surface area contributed by atoms with Crippen molar-refractivity contribution < 1.29 is 4.79 Å². The Morgan fingerprint density at radius 3 is 2.62 bits per heavy atom. The van der Waals surface area contributed by atoms with Gasteiger partial charge in [-0.25, -0.2) is 0 Å². The van der Waals surface area contributed by atoms with Gasteiger partial charge in [-0.05, 0) is 19.9 Å². The van der Waals surface area contributed by atoms with E-state index in [0.717, 1.165) is 0 Å². The molecule has 0 aliphatic heterocycles. The highest BCUT2D eigenvalue weighted by atomic mass is 16.1. The summed E-state index contributed by atoms with van der Waals surface area (Å²) in [6.45, 7) is 3.76. The van der Waals surface area contributed by atoms with Crippen LogP contribution in [0.25, 0.3) is 0 Å². The molecule has 1 amide bonds. The average molecular weight is 180 g/mol. The van der Waals surface area contributed by atoms with Gasteiger partial charge in [-0.15, -0.1) is 0 Å². The summed E-state index contributed by atoms with van der Waals surface area (Å²) >= 11 is 0. The maximum Gasteiger partial charge on any atom is 0.252 e. The Kier molecular flexibility index (Phi) is 2.84. The summed E-state index contributed by atoms with van der Waals surface area (Å²) in [5.74, 6) is -0.175. The third kappa shape index (κ3) is 2.74. The van der Waals surface area contributed by atoms with Crippen LogP contribution in [0.2, 0.25) is 0 Å². The third-order valence-corrected chi connectivity index (χ3v) is 1.47. The van der Waals surface area contributed by atoms with Gasteiger partial charge in [0.05, 0.1) is 5.56 Å². The van der Waals surface area contributed by atoms with E-state index in [0.29, 0.717) is 5.56 Å². The molecule has 1 aromatic heterocycles. The first-order valence-electron chi connectivity index (χ1n) is 4.09. The van der Waals surface area contributed by atoms with Crippen LogP contribution in [0, 0.1) is 0 Å². The van der Waals surface area contributed by atoms with Crippen LogP contribution in [-0.4, -0.2) is 16.9 Å². The van der Waals surface area contributed by atoms with Gasteiger partial charge in [0.2, 0.25) is 5.56 Å². The molecular weight excluding hydrogens is 168 g/mol. The fraction of sp³-hybridized carbons (Fsp3) is 0.333. The molecule has 70 valence electrons. The SMILES string of the molecule is CC(C)NC(=O)c1ccc(=O)[nH]c1. The van der Waals surface area contributed by atoms with Crippen LogP contribution in [0.15, 0.2) is 23.1 Å². The normalized spacial score (nSPS) is 10.1. The minimum Gasteiger partial charge on any atom is -0.350 e. The largest absolute Gasteiger partial charge is 0.350 e. The van der Waals surface area contributed by atoms with Crippen molar-refractivity contribution in [2.24, 2.45) is 0 Å². The van der Waals surface area contributed by atoms with Crippen molar-refractivity contribution in [3.05, 3.63) is 34.2 Å². The lowest BCUT2D eigenvalue weighted by Gasteiger charge is -2.07. The van der Waals surface area contributed by atoms with Crippen LogP contribution in [0.4, 0.5) is 0 Å². The Morgan fingerprint density at radius 2 is 2.15 bits per heavy atom. The molecule has 0 bridgehead atoms. The summed E-state index contributed by atoms with van der Waals surface area (Å²) in [7, 11) is 0. The van der Waals surface area contributed by atoms with Gasteiger partial charge >= 0.3 is 0 Å². The van der Waals surface area contributed by atoms with Gasteiger partial charge in [0, 0.05) is 18.3 Å². The molecule has 0 spiro atoms. The lowest BCUT2D eigenvalue weighted by molar-refractivity contribution is 0.0942. The molecule has 0 saturated heterocycles. The van der Waals surface area contributed by atoms with Crippen molar-refractivity contribution in [1.82, 2.24) is 10.3 Å². The molecule has 13 heavy (non-hydrogen) atoms. The molecule has 4 heteroatoms. The van der Waals surface area contributed by atoms with Crippen molar-refractivity contribution in [3.63, 3.8) is 0 Å². The van der Waals surface area contributed by atoms with Gasteiger partial charge in [0.25, 0.3) is 5.91 Å². The monoisotopic (exact) mass is 180 g/mol. The van der Waals surface area contributed by atoms with E-state index in [1.165, 1.54) is 18.3 Å². The molecule has 4 nitrogen and oxygen atoms in total. The van der Waals surface area contributed by atoms with Crippen molar-refractivity contribution in [3.8, 4) is 0 Å². The molecule has 0 aliphatic rings. The van der Waals surface area contributed by atoms with Crippen LogP contribution < -0.4 is 10.9 Å². The van der Waals surface area contributed by atoms with E-state index in [-0.39, 0.29) is 17.5 Å². The molecule has 0 unspecified atom stereocenters. The highest BCUT2D eigenvalue weighted by molar-refractivity contribution is 5.93. The fourth-order valence-electron chi connectivity index (χ4n) is 0.897. The quantitative estimate of drug-likeness (QED) is 0.696. The maximum atomic E-state index is 11.3. The van der Waals surface area contributed by atoms with Crippen LogP contribution in [0.1, 0.15) is 24.2 Å². The molecule has 0 aromatic carbocycles. The topological polar surface area (TPSA) is 62.0 Å². The molecule has 0 aliphatic carbocycles. The molecule has 0 fully saturated rings. The van der Waals surface area contributed by atoms with Gasteiger partial charge < -0.3 is 10.3 Å². The zero-order valence-corrected chi connectivity index (χ0v) is 7.63. The van der Waals surface area contributed by atoms with E-state index in [1.54, 1.807) is 0 Å². The van der Waals surface area contributed by atoms with E-state index in [9.17, 15) is 9.59 Å². The zero-order valence-electron chi connectivity index (χ0n) is 7.63. The number of pyridine rings is 1. The molecule has 1 rings (SSSR count). The highest BCUT2D eigenvalue weighted by Crippen LogP contribution is 1.93.